The lowest BCUT2D eigenvalue weighted by Crippen LogP contribution is -2.47. The van der Waals surface area contributed by atoms with E-state index in [0.29, 0.717) is 18.0 Å². The second-order valence-corrected chi connectivity index (χ2v) is 9.95. The van der Waals surface area contributed by atoms with Crippen LogP contribution in [0.4, 0.5) is 4.79 Å². The number of Topliss-reactive ketones (excluding diaryl/α,β-unsaturated/α-hetero) is 1. The summed E-state index contributed by atoms with van der Waals surface area (Å²) in [6, 6.07) is 6.76. The summed E-state index contributed by atoms with van der Waals surface area (Å²) in [5, 5.41) is 16.9. The first kappa shape index (κ1) is 23.5. The number of carbonyl (C=O) groups excluding carboxylic acids is 2. The number of rotatable bonds is 6. The molecule has 0 unspecified atom stereocenters. The van der Waals surface area contributed by atoms with E-state index in [1.165, 1.54) is 19.3 Å². The zero-order chi connectivity index (χ0) is 22.6. The Morgan fingerprint density at radius 1 is 1.10 bits per heavy atom. The van der Waals surface area contributed by atoms with Gasteiger partial charge in [0.15, 0.2) is 5.78 Å². The molecule has 2 fully saturated rings. The van der Waals surface area contributed by atoms with Crippen LogP contribution >= 0.6 is 0 Å². The summed E-state index contributed by atoms with van der Waals surface area (Å²) in [6.07, 6.45) is 6.64. The van der Waals surface area contributed by atoms with Gasteiger partial charge in [0.05, 0.1) is 18.4 Å². The van der Waals surface area contributed by atoms with Crippen LogP contribution in [-0.4, -0.2) is 52.4 Å². The Balaban J connectivity index is 1.78. The molecule has 0 bridgehead atoms. The molecule has 1 amide bonds. The van der Waals surface area contributed by atoms with Gasteiger partial charge >= 0.3 is 6.09 Å². The molecule has 1 aliphatic carbocycles. The van der Waals surface area contributed by atoms with E-state index < -0.39 is 17.7 Å². The van der Waals surface area contributed by atoms with Gasteiger partial charge in [0.25, 0.3) is 0 Å². The number of amides is 1. The van der Waals surface area contributed by atoms with Gasteiger partial charge in [-0.05, 0) is 50.2 Å². The molecule has 0 spiro atoms. The molecule has 170 valence electrons. The zero-order valence-corrected chi connectivity index (χ0v) is 19.0. The number of hydrogen-bond donors (Lipinski definition) is 2. The van der Waals surface area contributed by atoms with Crippen LogP contribution in [0.15, 0.2) is 24.3 Å². The van der Waals surface area contributed by atoms with Crippen LogP contribution in [0.25, 0.3) is 0 Å². The first-order valence-electron chi connectivity index (χ1n) is 11.5. The maximum Gasteiger partial charge on any atom is 0.410 e. The lowest BCUT2D eigenvalue weighted by Gasteiger charge is -2.34. The van der Waals surface area contributed by atoms with Crippen molar-refractivity contribution in [1.29, 1.82) is 5.41 Å². The van der Waals surface area contributed by atoms with Crippen LogP contribution in [0.2, 0.25) is 0 Å². The Morgan fingerprint density at radius 2 is 1.74 bits per heavy atom. The molecule has 6 heteroatoms. The van der Waals surface area contributed by atoms with E-state index >= 15 is 0 Å². The molecule has 1 heterocycles. The summed E-state index contributed by atoms with van der Waals surface area (Å²) in [4.78, 5) is 28.1. The van der Waals surface area contributed by atoms with E-state index in [4.69, 9.17) is 15.3 Å². The first-order valence-corrected chi connectivity index (χ1v) is 11.5. The van der Waals surface area contributed by atoms with Crippen molar-refractivity contribution in [3.63, 3.8) is 0 Å². The van der Waals surface area contributed by atoms with E-state index in [0.717, 1.165) is 24.8 Å². The maximum absolute atomic E-state index is 13.5. The quantitative estimate of drug-likeness (QED) is 0.659. The Labute approximate surface area is 185 Å². The van der Waals surface area contributed by atoms with Crippen molar-refractivity contribution in [2.75, 3.05) is 13.2 Å². The standard InChI is InChI=1S/C25H36N2O4/c1-25(2,3)31-24(30)27-14-13-20(18-7-5-4-6-8-18)23(27)22(29)15-17-9-11-19(12-10-17)21(26)16-28/h9-12,18,20,23,26,28H,4-8,13-16H2,1-3H3/t20-,23-/m0/s1. The third kappa shape index (κ3) is 5.94. The van der Waals surface area contributed by atoms with E-state index in [1.807, 2.05) is 32.9 Å². The van der Waals surface area contributed by atoms with Crippen molar-refractivity contribution >= 4 is 17.6 Å². The average Bonchev–Trinajstić information content (AvgIpc) is 3.19. The number of nitrogens with zero attached hydrogens (tertiary/aromatic N) is 1. The largest absolute Gasteiger partial charge is 0.444 e. The van der Waals surface area contributed by atoms with Gasteiger partial charge in [-0.3, -0.25) is 9.69 Å². The molecule has 2 atom stereocenters. The molecule has 0 radical (unpaired) electrons. The van der Waals surface area contributed by atoms with E-state index in [9.17, 15) is 9.59 Å². The molecule has 3 rings (SSSR count). The number of likely N-dealkylation sites (tertiary alicyclic amines) is 1. The molecule has 1 aliphatic heterocycles. The lowest BCUT2D eigenvalue weighted by molar-refractivity contribution is -0.124. The Hall–Kier alpha value is -2.21. The van der Waals surface area contributed by atoms with Gasteiger partial charge in [-0.15, -0.1) is 0 Å². The Bertz CT molecular complexity index is 791. The molecule has 1 aromatic rings. The first-order chi connectivity index (χ1) is 14.7. The number of aliphatic hydroxyl groups excluding tert-OH is 1. The summed E-state index contributed by atoms with van der Waals surface area (Å²) in [5.41, 5.74) is 1.07. The second kappa shape index (κ2) is 9.94. The van der Waals surface area contributed by atoms with Crippen molar-refractivity contribution in [3.05, 3.63) is 35.4 Å². The van der Waals surface area contributed by atoms with Gasteiger partial charge in [-0.2, -0.15) is 0 Å². The molecule has 2 aliphatic rings. The molecule has 0 aromatic heterocycles. The average molecular weight is 429 g/mol. The highest BCUT2D eigenvalue weighted by Gasteiger charge is 2.46. The third-order valence-corrected chi connectivity index (χ3v) is 6.50. The van der Waals surface area contributed by atoms with Gasteiger partial charge in [-0.25, -0.2) is 4.79 Å². The molecule has 2 N–H and O–H groups in total. The zero-order valence-electron chi connectivity index (χ0n) is 19.0. The smallest absolute Gasteiger partial charge is 0.410 e. The molecular weight excluding hydrogens is 392 g/mol. The summed E-state index contributed by atoms with van der Waals surface area (Å²) < 4.78 is 5.63. The van der Waals surface area contributed by atoms with Gasteiger partial charge < -0.3 is 15.3 Å². The minimum atomic E-state index is -0.597. The van der Waals surface area contributed by atoms with Gasteiger partial charge in [0.1, 0.15) is 5.60 Å². The monoisotopic (exact) mass is 428 g/mol. The van der Waals surface area contributed by atoms with Crippen LogP contribution in [0.1, 0.15) is 70.4 Å². The van der Waals surface area contributed by atoms with Gasteiger partial charge in [0.2, 0.25) is 0 Å². The molecule has 1 saturated heterocycles. The van der Waals surface area contributed by atoms with Gasteiger partial charge in [0, 0.05) is 13.0 Å². The Kier molecular flexibility index (Phi) is 7.52. The van der Waals surface area contributed by atoms with Crippen LogP contribution < -0.4 is 0 Å². The Morgan fingerprint density at radius 3 is 2.32 bits per heavy atom. The predicted molar refractivity (Wildman–Crippen MR) is 120 cm³/mol. The second-order valence-electron chi connectivity index (χ2n) is 9.95. The third-order valence-electron chi connectivity index (χ3n) is 6.50. The van der Waals surface area contributed by atoms with Crippen molar-refractivity contribution in [1.82, 2.24) is 4.90 Å². The fraction of sp³-hybridized carbons (Fsp3) is 0.640. The fourth-order valence-electron chi connectivity index (χ4n) is 5.03. The number of aliphatic hydroxyl groups is 1. The number of ether oxygens (including phenoxy) is 1. The molecule has 1 aromatic carbocycles. The van der Waals surface area contributed by atoms with Crippen molar-refractivity contribution in [3.8, 4) is 0 Å². The van der Waals surface area contributed by atoms with Crippen molar-refractivity contribution < 1.29 is 19.4 Å². The fourth-order valence-corrected chi connectivity index (χ4v) is 5.03. The number of nitrogens with one attached hydrogen (secondary N) is 1. The molecule has 31 heavy (non-hydrogen) atoms. The summed E-state index contributed by atoms with van der Waals surface area (Å²) in [6.45, 7) is 5.80. The minimum Gasteiger partial charge on any atom is -0.444 e. The molecular formula is C25H36N2O4. The number of benzene rings is 1. The normalized spacial score (nSPS) is 22.4. The highest BCUT2D eigenvalue weighted by atomic mass is 16.6. The number of carbonyl (C=O) groups is 2. The maximum atomic E-state index is 13.5. The summed E-state index contributed by atoms with van der Waals surface area (Å²) in [5.74, 6) is 0.744. The lowest BCUT2D eigenvalue weighted by atomic mass is 9.75. The predicted octanol–water partition coefficient (Wildman–Crippen LogP) is 4.36. The van der Waals surface area contributed by atoms with Crippen LogP contribution in [-0.2, 0) is 16.0 Å². The highest BCUT2D eigenvalue weighted by molar-refractivity contribution is 5.99. The van der Waals surface area contributed by atoms with E-state index in [2.05, 4.69) is 0 Å². The van der Waals surface area contributed by atoms with E-state index in [1.54, 1.807) is 17.0 Å². The highest BCUT2D eigenvalue weighted by Crippen LogP contribution is 2.40. The van der Waals surface area contributed by atoms with Crippen LogP contribution in [0.5, 0.6) is 0 Å². The SMILES string of the molecule is CC(C)(C)OC(=O)N1CC[C@@H](C2CCCCC2)[C@H]1C(=O)Cc1ccc(C(=N)CO)cc1. The molecule has 1 saturated carbocycles. The van der Waals surface area contributed by atoms with Gasteiger partial charge in [-0.1, -0.05) is 56.4 Å². The van der Waals surface area contributed by atoms with E-state index in [-0.39, 0.29) is 30.4 Å². The topological polar surface area (TPSA) is 90.7 Å². The van der Waals surface area contributed by atoms with Crippen molar-refractivity contribution in [2.45, 2.75) is 77.4 Å². The number of ketones is 1. The minimum absolute atomic E-state index is 0.0592. The van der Waals surface area contributed by atoms with Crippen LogP contribution in [0.3, 0.4) is 0 Å². The summed E-state index contributed by atoms with van der Waals surface area (Å²) in [7, 11) is 0. The van der Waals surface area contributed by atoms with Crippen LogP contribution in [0, 0.1) is 17.2 Å². The summed E-state index contributed by atoms with van der Waals surface area (Å²) >= 11 is 0. The molecule has 6 nitrogen and oxygen atoms in total. The number of hydrogen-bond acceptors (Lipinski definition) is 5. The van der Waals surface area contributed by atoms with Crippen molar-refractivity contribution in [2.24, 2.45) is 11.8 Å².